The smallest absolute Gasteiger partial charge is 0.251 e. The second-order valence-electron chi connectivity index (χ2n) is 6.47. The van der Waals surface area contributed by atoms with Crippen molar-refractivity contribution in [1.29, 1.82) is 0 Å². The quantitative estimate of drug-likeness (QED) is 0.542. The molecule has 0 unspecified atom stereocenters. The Balaban J connectivity index is 1.49. The molecule has 3 heterocycles. The highest BCUT2D eigenvalue weighted by Crippen LogP contribution is 2.22. The number of carbonyl (C=O) groups is 2. The summed E-state index contributed by atoms with van der Waals surface area (Å²) in [6.07, 6.45) is 4.89. The summed E-state index contributed by atoms with van der Waals surface area (Å²) in [6, 6.07) is 11.0. The van der Waals surface area contributed by atoms with Gasteiger partial charge in [-0.2, -0.15) is 10.2 Å². The number of para-hydroxylation sites is 1. The van der Waals surface area contributed by atoms with Crippen molar-refractivity contribution in [2.45, 2.75) is 6.54 Å². The van der Waals surface area contributed by atoms with Crippen LogP contribution in [0.25, 0.3) is 22.2 Å². The van der Waals surface area contributed by atoms with E-state index in [9.17, 15) is 9.59 Å². The lowest BCUT2D eigenvalue weighted by atomic mass is 10.1. The number of anilines is 1. The summed E-state index contributed by atoms with van der Waals surface area (Å²) in [6.45, 7) is 0.0278. The van der Waals surface area contributed by atoms with Crippen LogP contribution in [0.2, 0.25) is 0 Å². The molecular formula is C20H19N7O2. The first-order chi connectivity index (χ1) is 14.0. The third-order valence-corrected chi connectivity index (χ3v) is 4.50. The molecule has 0 saturated carbocycles. The molecule has 9 nitrogen and oxygen atoms in total. The molecule has 146 valence electrons. The van der Waals surface area contributed by atoms with Crippen molar-refractivity contribution >= 4 is 28.5 Å². The molecule has 0 spiro atoms. The van der Waals surface area contributed by atoms with Crippen LogP contribution in [-0.2, 0) is 18.4 Å². The fourth-order valence-electron chi connectivity index (χ4n) is 3.08. The molecule has 4 aromatic rings. The van der Waals surface area contributed by atoms with E-state index in [1.807, 2.05) is 31.3 Å². The zero-order valence-corrected chi connectivity index (χ0v) is 16.0. The van der Waals surface area contributed by atoms with Crippen LogP contribution in [0.15, 0.2) is 55.0 Å². The van der Waals surface area contributed by atoms with Gasteiger partial charge in [-0.1, -0.05) is 12.1 Å². The maximum Gasteiger partial charge on any atom is 0.251 e. The van der Waals surface area contributed by atoms with Gasteiger partial charge in [-0.15, -0.1) is 0 Å². The fourth-order valence-corrected chi connectivity index (χ4v) is 3.08. The number of fused-ring (bicyclic) bond motifs is 1. The van der Waals surface area contributed by atoms with Gasteiger partial charge in [-0.25, -0.2) is 0 Å². The third-order valence-electron chi connectivity index (χ3n) is 4.50. The van der Waals surface area contributed by atoms with Crippen LogP contribution in [0.3, 0.4) is 0 Å². The minimum Gasteiger partial charge on any atom is -0.355 e. The highest BCUT2D eigenvalue weighted by molar-refractivity contribution is 5.99. The molecule has 0 fully saturated rings. The van der Waals surface area contributed by atoms with Crippen LogP contribution in [0.5, 0.6) is 0 Å². The topological polar surface area (TPSA) is 107 Å². The van der Waals surface area contributed by atoms with Crippen molar-refractivity contribution in [3.63, 3.8) is 0 Å². The Kier molecular flexibility index (Phi) is 4.78. The summed E-state index contributed by atoms with van der Waals surface area (Å²) in [5.74, 6) is 0.0824. The predicted molar refractivity (Wildman–Crippen MR) is 108 cm³/mol. The lowest BCUT2D eigenvalue weighted by Crippen LogP contribution is -2.19. The van der Waals surface area contributed by atoms with Crippen LogP contribution < -0.4 is 10.6 Å². The number of carbonyl (C=O) groups excluding carboxylic acids is 2. The maximum absolute atomic E-state index is 12.5. The van der Waals surface area contributed by atoms with E-state index in [0.29, 0.717) is 22.6 Å². The molecule has 9 heteroatoms. The monoisotopic (exact) mass is 389 g/mol. The Labute approximate surface area is 166 Å². The van der Waals surface area contributed by atoms with E-state index < -0.39 is 0 Å². The Morgan fingerprint density at radius 1 is 1.17 bits per heavy atom. The zero-order valence-electron chi connectivity index (χ0n) is 16.0. The summed E-state index contributed by atoms with van der Waals surface area (Å²) >= 11 is 0. The van der Waals surface area contributed by atoms with Gasteiger partial charge in [-0.3, -0.25) is 23.9 Å². The molecular weight excluding hydrogens is 370 g/mol. The summed E-state index contributed by atoms with van der Waals surface area (Å²) in [4.78, 5) is 28.5. The SMILES string of the molecule is CNC(=O)c1ccnc(-c2cnn(CC(=O)Nc3nn(C)c4ccccc34)c2)c1. The van der Waals surface area contributed by atoms with Crippen molar-refractivity contribution in [2.75, 3.05) is 12.4 Å². The van der Waals surface area contributed by atoms with E-state index in [1.165, 1.54) is 4.68 Å². The number of aromatic nitrogens is 5. The number of hydrogen-bond donors (Lipinski definition) is 2. The van der Waals surface area contributed by atoms with E-state index in [4.69, 9.17) is 0 Å². The van der Waals surface area contributed by atoms with E-state index in [-0.39, 0.29) is 18.4 Å². The molecule has 0 atom stereocenters. The van der Waals surface area contributed by atoms with Gasteiger partial charge in [0.15, 0.2) is 5.82 Å². The second kappa shape index (κ2) is 7.55. The maximum atomic E-state index is 12.5. The first-order valence-electron chi connectivity index (χ1n) is 8.97. The Morgan fingerprint density at radius 3 is 2.83 bits per heavy atom. The first-order valence-corrected chi connectivity index (χ1v) is 8.97. The fraction of sp³-hybridized carbons (Fsp3) is 0.150. The average Bonchev–Trinajstić information content (AvgIpc) is 3.32. The Hall–Kier alpha value is -4.01. The number of rotatable bonds is 5. The minimum atomic E-state index is -0.240. The minimum absolute atomic E-state index is 0.0278. The number of amides is 2. The lowest BCUT2D eigenvalue weighted by molar-refractivity contribution is -0.116. The Morgan fingerprint density at radius 2 is 2.00 bits per heavy atom. The van der Waals surface area contributed by atoms with Gasteiger partial charge in [0.05, 0.1) is 17.4 Å². The van der Waals surface area contributed by atoms with Crippen molar-refractivity contribution in [1.82, 2.24) is 29.9 Å². The van der Waals surface area contributed by atoms with Crippen LogP contribution in [0.1, 0.15) is 10.4 Å². The van der Waals surface area contributed by atoms with Gasteiger partial charge >= 0.3 is 0 Å². The molecule has 1 aromatic carbocycles. The van der Waals surface area contributed by atoms with E-state index in [1.54, 1.807) is 42.5 Å². The van der Waals surface area contributed by atoms with Crippen LogP contribution in [0, 0.1) is 0 Å². The number of nitrogens with zero attached hydrogens (tertiary/aromatic N) is 5. The number of pyridine rings is 1. The molecule has 0 aliphatic carbocycles. The normalized spacial score (nSPS) is 10.8. The van der Waals surface area contributed by atoms with Crippen LogP contribution in [-0.4, -0.2) is 43.4 Å². The molecule has 3 aromatic heterocycles. The summed E-state index contributed by atoms with van der Waals surface area (Å²) in [7, 11) is 3.40. The summed E-state index contributed by atoms with van der Waals surface area (Å²) < 4.78 is 3.24. The highest BCUT2D eigenvalue weighted by Gasteiger charge is 2.13. The Bertz CT molecular complexity index is 1210. The third kappa shape index (κ3) is 3.70. The molecule has 2 N–H and O–H groups in total. The van der Waals surface area contributed by atoms with E-state index in [2.05, 4.69) is 25.8 Å². The molecule has 4 rings (SSSR count). The summed E-state index contributed by atoms with van der Waals surface area (Å²) in [5.41, 5.74) is 2.76. The van der Waals surface area contributed by atoms with Crippen molar-refractivity contribution in [3.8, 4) is 11.3 Å². The number of benzene rings is 1. The largest absolute Gasteiger partial charge is 0.355 e. The van der Waals surface area contributed by atoms with Crippen LogP contribution >= 0.6 is 0 Å². The average molecular weight is 389 g/mol. The molecule has 0 saturated heterocycles. The van der Waals surface area contributed by atoms with Gasteiger partial charge < -0.3 is 10.6 Å². The van der Waals surface area contributed by atoms with Gasteiger partial charge in [-0.05, 0) is 24.3 Å². The van der Waals surface area contributed by atoms with Crippen molar-refractivity contribution in [3.05, 3.63) is 60.6 Å². The molecule has 0 bridgehead atoms. The van der Waals surface area contributed by atoms with Gasteiger partial charge in [0.2, 0.25) is 5.91 Å². The highest BCUT2D eigenvalue weighted by atomic mass is 16.2. The number of aryl methyl sites for hydroxylation is 1. The van der Waals surface area contributed by atoms with Crippen LogP contribution in [0.4, 0.5) is 5.82 Å². The predicted octanol–water partition coefficient (Wildman–Crippen LogP) is 1.83. The van der Waals surface area contributed by atoms with Crippen molar-refractivity contribution < 1.29 is 9.59 Å². The van der Waals surface area contributed by atoms with Gasteiger partial charge in [0.1, 0.15) is 6.54 Å². The van der Waals surface area contributed by atoms with Crippen molar-refractivity contribution in [2.24, 2.45) is 7.05 Å². The van der Waals surface area contributed by atoms with Gasteiger partial charge in [0, 0.05) is 43.0 Å². The molecule has 2 amide bonds. The lowest BCUT2D eigenvalue weighted by Gasteiger charge is -2.03. The summed E-state index contributed by atoms with van der Waals surface area (Å²) in [5, 5.41) is 14.9. The first kappa shape index (κ1) is 18.4. The van der Waals surface area contributed by atoms with Gasteiger partial charge in [0.25, 0.3) is 5.91 Å². The second-order valence-corrected chi connectivity index (χ2v) is 6.47. The zero-order chi connectivity index (χ0) is 20.4. The standard InChI is InChI=1S/C20H19N7O2/c1-21-20(29)13-7-8-22-16(9-13)14-10-23-27(11-14)12-18(28)24-19-15-5-3-4-6-17(15)26(2)25-19/h3-11H,12H2,1-2H3,(H,21,29)(H,24,25,28). The molecule has 0 radical (unpaired) electrons. The number of hydrogen-bond acceptors (Lipinski definition) is 5. The van der Waals surface area contributed by atoms with E-state index >= 15 is 0 Å². The molecule has 0 aliphatic heterocycles. The van der Waals surface area contributed by atoms with E-state index in [0.717, 1.165) is 10.9 Å². The molecule has 0 aliphatic rings. The molecule has 29 heavy (non-hydrogen) atoms. The number of nitrogens with one attached hydrogen (secondary N) is 2.